The molecular weight excluding hydrogens is 580 g/mol. The molecule has 0 aliphatic heterocycles. The number of methoxy groups -OCH3 is 1. The van der Waals surface area contributed by atoms with Gasteiger partial charge in [-0.15, -0.1) is 11.3 Å². The van der Waals surface area contributed by atoms with Gasteiger partial charge in [-0.05, 0) is 87.4 Å². The molecule has 0 saturated heterocycles. The second kappa shape index (κ2) is 11.2. The van der Waals surface area contributed by atoms with Crippen LogP contribution < -0.4 is 0 Å². The lowest BCUT2D eigenvalue weighted by atomic mass is 9.91. The number of ether oxygens (including phenoxy) is 2. The number of aromatic nitrogens is 4. The van der Waals surface area contributed by atoms with E-state index >= 15 is 0 Å². The number of hydrogen-bond donors (Lipinski definition) is 0. The van der Waals surface area contributed by atoms with E-state index in [2.05, 4.69) is 23.2 Å². The van der Waals surface area contributed by atoms with Gasteiger partial charge < -0.3 is 9.47 Å². The first kappa shape index (κ1) is 29.0. The first-order valence-electron chi connectivity index (χ1n) is 13.9. The summed E-state index contributed by atoms with van der Waals surface area (Å²) in [5.74, 6) is -0.457. The van der Waals surface area contributed by atoms with Crippen molar-refractivity contribution in [2.24, 2.45) is 7.05 Å². The molecule has 3 aromatic heterocycles. The number of thiazole rings is 1. The third-order valence-electron chi connectivity index (χ3n) is 7.21. The van der Waals surface area contributed by atoms with Crippen LogP contribution in [-0.2, 0) is 21.3 Å². The number of carbonyl (C=O) groups is 1. The fourth-order valence-electron chi connectivity index (χ4n) is 5.35. The SMILES string of the molecule is COC(=O)[C@@H](OC(C)(C)C)c1c(C)cc2nc(-c3ccc4c(c3)c(-c3ccccn3)nn4C)sc2c1-c1ccc(Cl)cc1. The molecule has 0 aliphatic rings. The van der Waals surface area contributed by atoms with Gasteiger partial charge in [-0.3, -0.25) is 9.67 Å². The van der Waals surface area contributed by atoms with Gasteiger partial charge in [0.2, 0.25) is 0 Å². The summed E-state index contributed by atoms with van der Waals surface area (Å²) < 4.78 is 14.4. The van der Waals surface area contributed by atoms with Crippen molar-refractivity contribution in [3.05, 3.63) is 89.1 Å². The lowest BCUT2D eigenvalue weighted by Crippen LogP contribution is -2.29. The predicted octanol–water partition coefficient (Wildman–Crippen LogP) is 8.57. The minimum Gasteiger partial charge on any atom is -0.467 e. The molecule has 0 unspecified atom stereocenters. The van der Waals surface area contributed by atoms with Crippen LogP contribution in [0.3, 0.4) is 0 Å². The highest BCUT2D eigenvalue weighted by Gasteiger charge is 2.33. The molecule has 3 aromatic carbocycles. The Balaban J connectivity index is 1.59. The number of halogens is 1. The Morgan fingerprint density at radius 1 is 1.02 bits per heavy atom. The van der Waals surface area contributed by atoms with Crippen LogP contribution in [0.1, 0.15) is 38.0 Å². The monoisotopic (exact) mass is 610 g/mol. The smallest absolute Gasteiger partial charge is 0.339 e. The molecule has 7 nitrogen and oxygen atoms in total. The van der Waals surface area contributed by atoms with Gasteiger partial charge in [0.15, 0.2) is 6.10 Å². The second-order valence-corrected chi connectivity index (χ2v) is 12.8. The number of carbonyl (C=O) groups excluding carboxylic acids is 1. The van der Waals surface area contributed by atoms with Crippen molar-refractivity contribution in [3.8, 4) is 33.1 Å². The van der Waals surface area contributed by atoms with Crippen molar-refractivity contribution in [3.63, 3.8) is 0 Å². The van der Waals surface area contributed by atoms with Crippen LogP contribution in [0.25, 0.3) is 54.2 Å². The molecule has 0 amide bonds. The molecule has 0 bridgehead atoms. The molecule has 218 valence electrons. The molecule has 3 heterocycles. The van der Waals surface area contributed by atoms with Crippen molar-refractivity contribution in [2.75, 3.05) is 7.11 Å². The predicted molar refractivity (Wildman–Crippen MR) is 173 cm³/mol. The van der Waals surface area contributed by atoms with Crippen LogP contribution in [0.2, 0.25) is 5.02 Å². The van der Waals surface area contributed by atoms with Crippen molar-refractivity contribution in [2.45, 2.75) is 39.4 Å². The molecule has 43 heavy (non-hydrogen) atoms. The number of aryl methyl sites for hydroxylation is 2. The Labute approximate surface area is 259 Å². The molecule has 0 spiro atoms. The van der Waals surface area contributed by atoms with E-state index in [0.29, 0.717) is 5.02 Å². The summed E-state index contributed by atoms with van der Waals surface area (Å²) in [7, 11) is 3.32. The summed E-state index contributed by atoms with van der Waals surface area (Å²) in [5.41, 5.74) is 7.28. The van der Waals surface area contributed by atoms with Crippen molar-refractivity contribution in [1.29, 1.82) is 0 Å². The fourth-order valence-corrected chi connectivity index (χ4v) is 6.60. The van der Waals surface area contributed by atoms with Crippen LogP contribution in [0.4, 0.5) is 0 Å². The average Bonchev–Trinajstić information content (AvgIpc) is 3.56. The maximum Gasteiger partial charge on any atom is 0.339 e. The summed E-state index contributed by atoms with van der Waals surface area (Å²) in [5, 5.41) is 7.24. The van der Waals surface area contributed by atoms with Gasteiger partial charge in [-0.25, -0.2) is 9.78 Å². The maximum atomic E-state index is 13.2. The van der Waals surface area contributed by atoms with E-state index in [-0.39, 0.29) is 0 Å². The van der Waals surface area contributed by atoms with E-state index < -0.39 is 17.7 Å². The lowest BCUT2D eigenvalue weighted by molar-refractivity contribution is -0.164. The van der Waals surface area contributed by atoms with Gasteiger partial charge in [-0.2, -0.15) is 5.10 Å². The minimum absolute atomic E-state index is 0.457. The fraction of sp³-hybridized carbons (Fsp3) is 0.235. The van der Waals surface area contributed by atoms with Crippen LogP contribution in [-0.4, -0.2) is 38.4 Å². The normalized spacial score (nSPS) is 12.6. The van der Waals surface area contributed by atoms with E-state index in [1.165, 1.54) is 7.11 Å². The Morgan fingerprint density at radius 2 is 1.77 bits per heavy atom. The number of fused-ring (bicyclic) bond motifs is 2. The Morgan fingerprint density at radius 3 is 2.44 bits per heavy atom. The Bertz CT molecular complexity index is 1980. The number of benzene rings is 3. The molecular formula is C34H31ClN4O3S. The average molecular weight is 611 g/mol. The zero-order chi connectivity index (χ0) is 30.5. The highest BCUT2D eigenvalue weighted by atomic mass is 35.5. The van der Waals surface area contributed by atoms with Crippen molar-refractivity contribution < 1.29 is 14.3 Å². The largest absolute Gasteiger partial charge is 0.467 e. The van der Waals surface area contributed by atoms with Gasteiger partial charge in [0, 0.05) is 40.3 Å². The van der Waals surface area contributed by atoms with E-state index in [1.807, 2.05) is 88.0 Å². The topological polar surface area (TPSA) is 79.1 Å². The number of rotatable bonds is 6. The molecule has 6 aromatic rings. The Hall–Kier alpha value is -4.11. The summed E-state index contributed by atoms with van der Waals surface area (Å²) >= 11 is 7.86. The third kappa shape index (κ3) is 5.54. The zero-order valence-corrected chi connectivity index (χ0v) is 26.4. The molecule has 6 rings (SSSR count). The van der Waals surface area contributed by atoms with E-state index in [9.17, 15) is 4.79 Å². The van der Waals surface area contributed by atoms with Gasteiger partial charge in [0.1, 0.15) is 10.7 Å². The standard InChI is InChI=1S/C34H31ClN4O3S/c1-19-17-25-31(28(20-10-13-22(35)14-11-20)27(19)30(33(40)41-6)42-34(2,3)4)43-32(37-25)21-12-15-26-23(18-21)29(38-39(26)5)24-9-7-8-16-36-24/h7-18,30H,1-6H3/t30-/m0/s1. The quantitative estimate of drug-likeness (QED) is 0.176. The molecule has 0 fully saturated rings. The van der Waals surface area contributed by atoms with Gasteiger partial charge in [0.05, 0.1) is 34.1 Å². The Kier molecular flexibility index (Phi) is 7.54. The van der Waals surface area contributed by atoms with Gasteiger partial charge in [-0.1, -0.05) is 29.8 Å². The summed E-state index contributed by atoms with van der Waals surface area (Å²) in [4.78, 5) is 22.9. The number of esters is 1. The molecule has 0 radical (unpaired) electrons. The second-order valence-electron chi connectivity index (χ2n) is 11.4. The number of hydrogen-bond acceptors (Lipinski definition) is 7. The first-order valence-corrected chi connectivity index (χ1v) is 15.1. The molecule has 0 saturated carbocycles. The van der Waals surface area contributed by atoms with E-state index in [0.717, 1.165) is 65.3 Å². The van der Waals surface area contributed by atoms with Crippen LogP contribution >= 0.6 is 22.9 Å². The summed E-state index contributed by atoms with van der Waals surface area (Å²) in [6.45, 7) is 7.77. The van der Waals surface area contributed by atoms with Crippen LogP contribution in [0.15, 0.2) is 72.9 Å². The first-order chi connectivity index (χ1) is 20.5. The molecule has 0 N–H and O–H groups in total. The van der Waals surface area contributed by atoms with Gasteiger partial charge in [0.25, 0.3) is 0 Å². The molecule has 1 atom stereocenters. The highest BCUT2D eigenvalue weighted by Crippen LogP contribution is 2.45. The van der Waals surface area contributed by atoms with E-state index in [4.69, 9.17) is 31.2 Å². The molecule has 0 aliphatic carbocycles. The van der Waals surface area contributed by atoms with E-state index in [1.54, 1.807) is 17.5 Å². The molecule has 9 heteroatoms. The maximum absolute atomic E-state index is 13.2. The summed E-state index contributed by atoms with van der Waals surface area (Å²) in [6.07, 6.45) is 0.842. The highest BCUT2D eigenvalue weighted by molar-refractivity contribution is 7.22. The van der Waals surface area contributed by atoms with Gasteiger partial charge >= 0.3 is 5.97 Å². The number of pyridine rings is 1. The van der Waals surface area contributed by atoms with Crippen LogP contribution in [0, 0.1) is 6.92 Å². The van der Waals surface area contributed by atoms with Crippen LogP contribution in [0.5, 0.6) is 0 Å². The lowest BCUT2D eigenvalue weighted by Gasteiger charge is -2.28. The van der Waals surface area contributed by atoms with Crippen molar-refractivity contribution >= 4 is 50.0 Å². The zero-order valence-electron chi connectivity index (χ0n) is 24.8. The third-order valence-corrected chi connectivity index (χ3v) is 8.60. The van der Waals surface area contributed by atoms with Crippen molar-refractivity contribution in [1.82, 2.24) is 19.7 Å². The number of nitrogens with zero attached hydrogens (tertiary/aromatic N) is 4. The minimum atomic E-state index is -0.932. The summed E-state index contributed by atoms with van der Waals surface area (Å²) in [6, 6.07) is 21.7.